The Balaban J connectivity index is 1.34. The summed E-state index contributed by atoms with van der Waals surface area (Å²) in [4.78, 5) is 0. The number of nitrogen functional groups attached to an aromatic ring is 1. The van der Waals surface area contributed by atoms with Crippen LogP contribution in [0, 0.1) is 29.6 Å². The first kappa shape index (κ1) is 12.6. The maximum absolute atomic E-state index is 5.83. The minimum atomic E-state index is 0.852. The molecule has 0 aromatic heterocycles. The molecule has 4 bridgehead atoms. The van der Waals surface area contributed by atoms with E-state index in [9.17, 15) is 0 Å². The third kappa shape index (κ3) is 2.30. The van der Waals surface area contributed by atoms with Crippen LogP contribution in [0.4, 0.5) is 11.4 Å². The normalized spacial score (nSPS) is 38.1. The van der Waals surface area contributed by atoms with Gasteiger partial charge in [0.1, 0.15) is 0 Å². The van der Waals surface area contributed by atoms with E-state index in [1.807, 2.05) is 18.2 Å². The fraction of sp³-hybridized carbons (Fsp3) is 0.667. The van der Waals surface area contributed by atoms with Crippen molar-refractivity contribution in [1.29, 1.82) is 0 Å². The molecule has 1 aromatic rings. The molecule has 0 heterocycles. The summed E-state index contributed by atoms with van der Waals surface area (Å²) in [6.07, 6.45) is 9.06. The molecule has 0 saturated heterocycles. The van der Waals surface area contributed by atoms with Crippen LogP contribution >= 0.6 is 0 Å². The smallest absolute Gasteiger partial charge is 0.0360 e. The molecule has 4 aliphatic carbocycles. The number of benzene rings is 1. The van der Waals surface area contributed by atoms with Gasteiger partial charge in [-0.2, -0.15) is 0 Å². The second-order valence-electron chi connectivity index (χ2n) is 7.44. The molecule has 0 spiro atoms. The lowest BCUT2D eigenvalue weighted by Gasteiger charge is -2.54. The van der Waals surface area contributed by atoms with Gasteiger partial charge >= 0.3 is 0 Å². The van der Waals surface area contributed by atoms with Gasteiger partial charge in [-0.05, 0) is 86.3 Å². The quantitative estimate of drug-likeness (QED) is 0.807. The van der Waals surface area contributed by atoms with Crippen LogP contribution in [-0.4, -0.2) is 6.54 Å². The van der Waals surface area contributed by atoms with E-state index in [1.54, 1.807) is 6.42 Å². The zero-order chi connectivity index (χ0) is 13.5. The second-order valence-corrected chi connectivity index (χ2v) is 7.44. The van der Waals surface area contributed by atoms with Gasteiger partial charge in [-0.25, -0.2) is 0 Å². The van der Waals surface area contributed by atoms with Crippen LogP contribution in [0.15, 0.2) is 24.3 Å². The molecule has 1 aromatic carbocycles. The summed E-state index contributed by atoms with van der Waals surface area (Å²) in [5, 5.41) is 3.56. The van der Waals surface area contributed by atoms with Crippen LogP contribution in [0.1, 0.15) is 38.5 Å². The molecule has 108 valence electrons. The summed E-state index contributed by atoms with van der Waals surface area (Å²) in [7, 11) is 0. The molecule has 0 radical (unpaired) electrons. The van der Waals surface area contributed by atoms with E-state index >= 15 is 0 Å². The van der Waals surface area contributed by atoms with E-state index in [0.717, 1.165) is 41.8 Å². The van der Waals surface area contributed by atoms with Gasteiger partial charge in [-0.1, -0.05) is 6.07 Å². The molecule has 4 aliphatic rings. The lowest BCUT2D eigenvalue weighted by molar-refractivity contribution is -0.0381. The van der Waals surface area contributed by atoms with Crippen molar-refractivity contribution in [2.45, 2.75) is 38.5 Å². The highest BCUT2D eigenvalue weighted by molar-refractivity contribution is 5.53. The van der Waals surface area contributed by atoms with E-state index in [0.29, 0.717) is 0 Å². The number of rotatable bonds is 4. The fourth-order valence-corrected chi connectivity index (χ4v) is 5.54. The van der Waals surface area contributed by atoms with Gasteiger partial charge in [0.25, 0.3) is 0 Å². The molecular formula is C18H26N2. The van der Waals surface area contributed by atoms with Crippen LogP contribution in [0.5, 0.6) is 0 Å². The molecule has 5 rings (SSSR count). The number of hydrogen-bond donors (Lipinski definition) is 2. The molecule has 20 heavy (non-hydrogen) atoms. The van der Waals surface area contributed by atoms with Crippen molar-refractivity contribution in [3.05, 3.63) is 24.3 Å². The largest absolute Gasteiger partial charge is 0.399 e. The van der Waals surface area contributed by atoms with E-state index in [2.05, 4.69) is 11.4 Å². The molecule has 0 atom stereocenters. The lowest BCUT2D eigenvalue weighted by Crippen LogP contribution is -2.45. The zero-order valence-corrected chi connectivity index (χ0v) is 12.2. The summed E-state index contributed by atoms with van der Waals surface area (Å²) in [6.45, 7) is 1.11. The molecule has 2 nitrogen and oxygen atoms in total. The zero-order valence-electron chi connectivity index (χ0n) is 12.2. The number of hydrogen-bond acceptors (Lipinski definition) is 2. The third-order valence-electron chi connectivity index (χ3n) is 6.12. The highest BCUT2D eigenvalue weighted by atomic mass is 14.9. The van der Waals surface area contributed by atoms with E-state index in [-0.39, 0.29) is 0 Å². The Morgan fingerprint density at radius 2 is 1.70 bits per heavy atom. The van der Waals surface area contributed by atoms with Crippen molar-refractivity contribution in [3.63, 3.8) is 0 Å². The van der Waals surface area contributed by atoms with Gasteiger partial charge in [0.2, 0.25) is 0 Å². The van der Waals surface area contributed by atoms with Gasteiger partial charge in [0.05, 0.1) is 0 Å². The minimum absolute atomic E-state index is 0.852. The molecule has 0 unspecified atom stereocenters. The van der Waals surface area contributed by atoms with Gasteiger partial charge in [0, 0.05) is 17.9 Å². The molecular weight excluding hydrogens is 244 g/mol. The van der Waals surface area contributed by atoms with Crippen molar-refractivity contribution in [1.82, 2.24) is 0 Å². The molecule has 0 amide bonds. The van der Waals surface area contributed by atoms with E-state index in [4.69, 9.17) is 5.73 Å². The SMILES string of the molecule is Nc1cccc(NCCC2C3CC4CC(C3)CC2C4)c1. The topological polar surface area (TPSA) is 38.0 Å². The first-order chi connectivity index (χ1) is 9.78. The Bertz CT molecular complexity index is 454. The van der Waals surface area contributed by atoms with Gasteiger partial charge in [-0.15, -0.1) is 0 Å². The number of nitrogens with two attached hydrogens (primary N) is 1. The number of nitrogens with one attached hydrogen (secondary N) is 1. The van der Waals surface area contributed by atoms with E-state index in [1.165, 1.54) is 37.8 Å². The third-order valence-corrected chi connectivity index (χ3v) is 6.12. The van der Waals surface area contributed by atoms with Gasteiger partial charge < -0.3 is 11.1 Å². The molecule has 4 saturated carbocycles. The van der Waals surface area contributed by atoms with Crippen molar-refractivity contribution in [2.24, 2.45) is 29.6 Å². The minimum Gasteiger partial charge on any atom is -0.399 e. The second kappa shape index (κ2) is 4.98. The average Bonchev–Trinajstić information content (AvgIpc) is 2.41. The van der Waals surface area contributed by atoms with Crippen LogP contribution < -0.4 is 11.1 Å². The molecule has 3 N–H and O–H groups in total. The predicted octanol–water partition coefficient (Wildman–Crippen LogP) is 4.14. The molecule has 2 heteroatoms. The molecule has 0 aliphatic heterocycles. The Morgan fingerprint density at radius 3 is 2.35 bits per heavy atom. The maximum atomic E-state index is 5.83. The summed E-state index contributed by atoms with van der Waals surface area (Å²) in [6, 6.07) is 8.13. The first-order valence-corrected chi connectivity index (χ1v) is 8.37. The van der Waals surface area contributed by atoms with Gasteiger partial charge in [-0.3, -0.25) is 0 Å². The first-order valence-electron chi connectivity index (χ1n) is 8.37. The van der Waals surface area contributed by atoms with Gasteiger partial charge in [0.15, 0.2) is 0 Å². The predicted molar refractivity (Wildman–Crippen MR) is 84.5 cm³/mol. The Labute approximate surface area is 122 Å². The van der Waals surface area contributed by atoms with Crippen LogP contribution in [0.2, 0.25) is 0 Å². The highest BCUT2D eigenvalue weighted by Crippen LogP contribution is 2.57. The van der Waals surface area contributed by atoms with Crippen molar-refractivity contribution < 1.29 is 0 Å². The fourth-order valence-electron chi connectivity index (χ4n) is 5.54. The number of anilines is 2. The van der Waals surface area contributed by atoms with Crippen LogP contribution in [0.25, 0.3) is 0 Å². The Kier molecular flexibility index (Phi) is 3.13. The van der Waals surface area contributed by atoms with Crippen molar-refractivity contribution >= 4 is 11.4 Å². The van der Waals surface area contributed by atoms with Crippen LogP contribution in [0.3, 0.4) is 0 Å². The summed E-state index contributed by atoms with van der Waals surface area (Å²) in [5.41, 5.74) is 7.85. The van der Waals surface area contributed by atoms with Crippen LogP contribution in [-0.2, 0) is 0 Å². The van der Waals surface area contributed by atoms with Crippen molar-refractivity contribution in [2.75, 3.05) is 17.6 Å². The summed E-state index contributed by atoms with van der Waals surface area (Å²) in [5.74, 6) is 5.28. The van der Waals surface area contributed by atoms with Crippen molar-refractivity contribution in [3.8, 4) is 0 Å². The monoisotopic (exact) mass is 270 g/mol. The lowest BCUT2D eigenvalue weighted by atomic mass is 9.51. The highest BCUT2D eigenvalue weighted by Gasteiger charge is 2.47. The summed E-state index contributed by atoms with van der Waals surface area (Å²) < 4.78 is 0. The van der Waals surface area contributed by atoms with E-state index < -0.39 is 0 Å². The Hall–Kier alpha value is -1.18. The summed E-state index contributed by atoms with van der Waals surface area (Å²) >= 11 is 0. The molecule has 4 fully saturated rings. The Morgan fingerprint density at radius 1 is 1.00 bits per heavy atom. The standard InChI is InChI=1S/C18H26N2/c19-16-2-1-3-17(11-16)20-5-4-18-14-7-12-6-13(9-14)10-15(18)8-12/h1-3,11-15,18,20H,4-10,19H2. The average molecular weight is 270 g/mol. The maximum Gasteiger partial charge on any atom is 0.0360 e.